The molecule has 148 valence electrons. The number of carbonyl (C=O) groups excluding carboxylic acids is 2. The van der Waals surface area contributed by atoms with Gasteiger partial charge < -0.3 is 19.9 Å². The number of amides is 1. The Morgan fingerprint density at radius 3 is 2.48 bits per heavy atom. The van der Waals surface area contributed by atoms with Crippen LogP contribution in [-0.2, 0) is 29.1 Å². The molecule has 1 aromatic carbocycles. The Hall–Kier alpha value is -2.27. The second-order valence-corrected chi connectivity index (χ2v) is 7.62. The van der Waals surface area contributed by atoms with Crippen LogP contribution in [-0.4, -0.2) is 75.8 Å². The van der Waals surface area contributed by atoms with Crippen molar-refractivity contribution in [1.29, 1.82) is 0 Å². The third kappa shape index (κ3) is 5.60. The number of hydrogen-bond donors (Lipinski definition) is 2. The smallest absolute Gasteiger partial charge is 0.330 e. The van der Waals surface area contributed by atoms with Crippen molar-refractivity contribution in [2.75, 3.05) is 40.0 Å². The molecule has 1 aliphatic rings. The van der Waals surface area contributed by atoms with E-state index in [-0.39, 0.29) is 4.90 Å². The SMILES string of the molecule is COC(=O)[C@@H](CO)NC(=O)/C=C/c1ccc(S(=O)(=O)N2CCOCC2)cc1. The van der Waals surface area contributed by atoms with Crippen molar-refractivity contribution in [3.8, 4) is 0 Å². The Bertz CT molecular complexity index is 784. The molecule has 1 fully saturated rings. The number of ether oxygens (including phenoxy) is 2. The number of benzene rings is 1. The minimum Gasteiger partial charge on any atom is -0.467 e. The molecule has 27 heavy (non-hydrogen) atoms. The van der Waals surface area contributed by atoms with Gasteiger partial charge in [-0.1, -0.05) is 12.1 Å². The molecule has 0 spiro atoms. The number of rotatable bonds is 7. The zero-order valence-corrected chi connectivity index (χ0v) is 15.6. The maximum absolute atomic E-state index is 12.5. The molecule has 0 aromatic heterocycles. The summed E-state index contributed by atoms with van der Waals surface area (Å²) < 4.78 is 36.1. The first kappa shape index (κ1) is 21.0. The Kier molecular flexibility index (Phi) is 7.48. The summed E-state index contributed by atoms with van der Waals surface area (Å²) in [7, 11) is -2.42. The highest BCUT2D eigenvalue weighted by Gasteiger charge is 2.26. The first-order valence-electron chi connectivity index (χ1n) is 8.23. The van der Waals surface area contributed by atoms with E-state index in [1.54, 1.807) is 12.1 Å². The molecular formula is C17H22N2O7S. The Morgan fingerprint density at radius 1 is 1.30 bits per heavy atom. The van der Waals surface area contributed by atoms with Gasteiger partial charge in [-0.2, -0.15) is 4.31 Å². The van der Waals surface area contributed by atoms with E-state index in [1.807, 2.05) is 0 Å². The normalized spacial score (nSPS) is 16.8. The molecule has 1 aromatic rings. The molecule has 1 atom stereocenters. The molecule has 0 saturated carbocycles. The molecule has 0 unspecified atom stereocenters. The van der Waals surface area contributed by atoms with Gasteiger partial charge in [0.2, 0.25) is 15.9 Å². The maximum Gasteiger partial charge on any atom is 0.330 e. The molecule has 1 saturated heterocycles. The number of nitrogens with zero attached hydrogens (tertiary/aromatic N) is 1. The van der Waals surface area contributed by atoms with Crippen molar-refractivity contribution >= 4 is 28.0 Å². The Labute approximate surface area is 157 Å². The highest BCUT2D eigenvalue weighted by Crippen LogP contribution is 2.18. The number of aliphatic hydroxyl groups excluding tert-OH is 1. The average Bonchev–Trinajstić information content (AvgIpc) is 2.70. The molecule has 2 N–H and O–H groups in total. The third-order valence-corrected chi connectivity index (χ3v) is 5.81. The van der Waals surface area contributed by atoms with Gasteiger partial charge in [-0.25, -0.2) is 13.2 Å². The fraction of sp³-hybridized carbons (Fsp3) is 0.412. The Balaban J connectivity index is 2.01. The number of morpholine rings is 1. The van der Waals surface area contributed by atoms with Crippen molar-refractivity contribution in [2.24, 2.45) is 0 Å². The van der Waals surface area contributed by atoms with Gasteiger partial charge >= 0.3 is 5.97 Å². The van der Waals surface area contributed by atoms with Crippen LogP contribution in [0.15, 0.2) is 35.2 Å². The lowest BCUT2D eigenvalue weighted by Crippen LogP contribution is -2.43. The van der Waals surface area contributed by atoms with Crippen LogP contribution in [0.2, 0.25) is 0 Å². The van der Waals surface area contributed by atoms with E-state index in [9.17, 15) is 18.0 Å². The van der Waals surface area contributed by atoms with Gasteiger partial charge in [0.15, 0.2) is 6.04 Å². The molecule has 9 nitrogen and oxygen atoms in total. The van der Waals surface area contributed by atoms with Crippen LogP contribution >= 0.6 is 0 Å². The van der Waals surface area contributed by atoms with E-state index in [0.717, 1.165) is 7.11 Å². The molecule has 1 aliphatic heterocycles. The first-order valence-corrected chi connectivity index (χ1v) is 9.67. The average molecular weight is 398 g/mol. The van der Waals surface area contributed by atoms with Crippen molar-refractivity contribution < 1.29 is 32.6 Å². The van der Waals surface area contributed by atoms with Gasteiger partial charge in [-0.3, -0.25) is 4.79 Å². The van der Waals surface area contributed by atoms with Gasteiger partial charge in [-0.05, 0) is 23.8 Å². The van der Waals surface area contributed by atoms with Crippen molar-refractivity contribution in [2.45, 2.75) is 10.9 Å². The molecule has 1 heterocycles. The molecular weight excluding hydrogens is 376 g/mol. The summed E-state index contributed by atoms with van der Waals surface area (Å²) in [6.07, 6.45) is 2.64. The van der Waals surface area contributed by atoms with E-state index in [1.165, 1.54) is 28.6 Å². The van der Waals surface area contributed by atoms with Gasteiger partial charge in [0.05, 0.1) is 31.8 Å². The van der Waals surface area contributed by atoms with Crippen LogP contribution in [0.3, 0.4) is 0 Å². The summed E-state index contributed by atoms with van der Waals surface area (Å²) in [5, 5.41) is 11.4. The van der Waals surface area contributed by atoms with Gasteiger partial charge in [0.1, 0.15) is 0 Å². The van der Waals surface area contributed by atoms with Gasteiger partial charge in [-0.15, -0.1) is 0 Å². The first-order chi connectivity index (χ1) is 12.9. The minimum atomic E-state index is -3.57. The van der Waals surface area contributed by atoms with E-state index in [0.29, 0.717) is 31.9 Å². The molecule has 0 aliphatic carbocycles. The lowest BCUT2D eigenvalue weighted by molar-refractivity contribution is -0.145. The quantitative estimate of drug-likeness (QED) is 0.463. The lowest BCUT2D eigenvalue weighted by Gasteiger charge is -2.26. The second-order valence-electron chi connectivity index (χ2n) is 5.69. The van der Waals surface area contributed by atoms with Crippen molar-refractivity contribution in [3.05, 3.63) is 35.9 Å². The molecule has 2 rings (SSSR count). The molecule has 0 radical (unpaired) electrons. The highest BCUT2D eigenvalue weighted by atomic mass is 32.2. The molecule has 10 heteroatoms. The summed E-state index contributed by atoms with van der Waals surface area (Å²) in [5.41, 5.74) is 0.602. The topological polar surface area (TPSA) is 122 Å². The van der Waals surface area contributed by atoms with Crippen LogP contribution in [0.4, 0.5) is 0 Å². The fourth-order valence-electron chi connectivity index (χ4n) is 2.40. The predicted octanol–water partition coefficient (Wildman–Crippen LogP) is -0.629. The zero-order chi connectivity index (χ0) is 19.9. The van der Waals surface area contributed by atoms with Gasteiger partial charge in [0, 0.05) is 19.2 Å². The van der Waals surface area contributed by atoms with E-state index < -0.39 is 34.5 Å². The van der Waals surface area contributed by atoms with E-state index in [2.05, 4.69) is 10.1 Å². The van der Waals surface area contributed by atoms with Crippen LogP contribution < -0.4 is 5.32 Å². The summed E-state index contributed by atoms with van der Waals surface area (Å²) in [6, 6.07) is 4.93. The summed E-state index contributed by atoms with van der Waals surface area (Å²) >= 11 is 0. The lowest BCUT2D eigenvalue weighted by atomic mass is 10.2. The number of methoxy groups -OCH3 is 1. The summed E-state index contributed by atoms with van der Waals surface area (Å²) in [5.74, 6) is -1.35. The molecule has 1 amide bonds. The van der Waals surface area contributed by atoms with Crippen molar-refractivity contribution in [3.63, 3.8) is 0 Å². The zero-order valence-electron chi connectivity index (χ0n) is 14.8. The van der Waals surface area contributed by atoms with Crippen LogP contribution in [0.1, 0.15) is 5.56 Å². The number of carbonyl (C=O) groups is 2. The van der Waals surface area contributed by atoms with Crippen LogP contribution in [0.25, 0.3) is 6.08 Å². The Morgan fingerprint density at radius 2 is 1.93 bits per heavy atom. The van der Waals surface area contributed by atoms with Crippen LogP contribution in [0, 0.1) is 0 Å². The standard InChI is InChI=1S/C17H22N2O7S/c1-25-17(22)15(12-20)18-16(21)7-4-13-2-5-14(6-3-13)27(23,24)19-8-10-26-11-9-19/h2-7,15,20H,8-12H2,1H3,(H,18,21)/b7-4+/t15-/m1/s1. The van der Waals surface area contributed by atoms with E-state index >= 15 is 0 Å². The largest absolute Gasteiger partial charge is 0.467 e. The van der Waals surface area contributed by atoms with Gasteiger partial charge in [0.25, 0.3) is 0 Å². The minimum absolute atomic E-state index is 0.164. The molecule has 0 bridgehead atoms. The fourth-order valence-corrected chi connectivity index (χ4v) is 3.81. The third-order valence-electron chi connectivity index (χ3n) is 3.90. The van der Waals surface area contributed by atoms with Crippen molar-refractivity contribution in [1.82, 2.24) is 9.62 Å². The number of aliphatic hydroxyl groups is 1. The maximum atomic E-state index is 12.5. The number of esters is 1. The van der Waals surface area contributed by atoms with E-state index in [4.69, 9.17) is 9.84 Å². The summed E-state index contributed by atoms with van der Waals surface area (Å²) in [6.45, 7) is 0.790. The van der Waals surface area contributed by atoms with Crippen LogP contribution in [0.5, 0.6) is 0 Å². The number of hydrogen-bond acceptors (Lipinski definition) is 7. The highest BCUT2D eigenvalue weighted by molar-refractivity contribution is 7.89. The second kappa shape index (κ2) is 9.60. The predicted molar refractivity (Wildman–Crippen MR) is 96.1 cm³/mol. The number of nitrogens with one attached hydrogen (secondary N) is 1. The monoisotopic (exact) mass is 398 g/mol. The number of sulfonamides is 1. The summed E-state index contributed by atoms with van der Waals surface area (Å²) in [4.78, 5) is 23.3.